The zero-order chi connectivity index (χ0) is 13.7. The fraction of sp³-hybridized carbons (Fsp3) is 0.933. The van der Waals surface area contributed by atoms with Crippen LogP contribution in [0.1, 0.15) is 45.4 Å². The molecule has 19 heavy (non-hydrogen) atoms. The minimum absolute atomic E-state index is 0.206. The number of nitrogens with one attached hydrogen (secondary N) is 1. The zero-order valence-corrected chi connectivity index (χ0v) is 12.1. The molecular weight excluding hydrogens is 240 g/mol. The van der Waals surface area contributed by atoms with Gasteiger partial charge in [-0.3, -0.25) is 9.69 Å². The SMILES string of the molecule is CC(C(=O)NCCCCN1CCCC1CO)C1CC1. The van der Waals surface area contributed by atoms with Crippen molar-refractivity contribution in [2.75, 3.05) is 26.2 Å². The summed E-state index contributed by atoms with van der Waals surface area (Å²) in [7, 11) is 0. The summed E-state index contributed by atoms with van der Waals surface area (Å²) in [5, 5.41) is 12.3. The Bertz CT molecular complexity index is 292. The first-order valence-electron chi connectivity index (χ1n) is 7.85. The van der Waals surface area contributed by atoms with Gasteiger partial charge in [0.05, 0.1) is 6.61 Å². The molecule has 0 radical (unpaired) electrons. The number of unbranched alkanes of at least 4 members (excludes halogenated alkanes) is 1. The van der Waals surface area contributed by atoms with E-state index in [9.17, 15) is 9.90 Å². The maximum absolute atomic E-state index is 11.8. The van der Waals surface area contributed by atoms with Gasteiger partial charge in [-0.05, 0) is 57.5 Å². The first kappa shape index (κ1) is 14.8. The summed E-state index contributed by atoms with van der Waals surface area (Å²) in [4.78, 5) is 14.2. The normalized spacial score (nSPS) is 25.5. The van der Waals surface area contributed by atoms with Gasteiger partial charge < -0.3 is 10.4 Å². The molecule has 0 bridgehead atoms. The van der Waals surface area contributed by atoms with Crippen LogP contribution in [-0.4, -0.2) is 48.2 Å². The molecule has 110 valence electrons. The molecule has 0 spiro atoms. The molecule has 4 nitrogen and oxygen atoms in total. The molecule has 2 aliphatic rings. The monoisotopic (exact) mass is 268 g/mol. The lowest BCUT2D eigenvalue weighted by Gasteiger charge is -2.22. The van der Waals surface area contributed by atoms with Gasteiger partial charge in [-0.2, -0.15) is 0 Å². The second kappa shape index (κ2) is 7.25. The van der Waals surface area contributed by atoms with Crippen LogP contribution < -0.4 is 5.32 Å². The number of carbonyl (C=O) groups excluding carboxylic acids is 1. The van der Waals surface area contributed by atoms with Gasteiger partial charge in [0.25, 0.3) is 0 Å². The van der Waals surface area contributed by atoms with E-state index in [0.717, 1.165) is 38.9 Å². The third kappa shape index (κ3) is 4.46. The summed E-state index contributed by atoms with van der Waals surface area (Å²) in [5.41, 5.74) is 0. The Labute approximate surface area is 116 Å². The average Bonchev–Trinajstić information content (AvgIpc) is 3.17. The van der Waals surface area contributed by atoms with Crippen molar-refractivity contribution < 1.29 is 9.90 Å². The van der Waals surface area contributed by atoms with Crippen molar-refractivity contribution in [3.05, 3.63) is 0 Å². The van der Waals surface area contributed by atoms with Crippen LogP contribution in [0.4, 0.5) is 0 Å². The highest BCUT2D eigenvalue weighted by Crippen LogP contribution is 2.36. The molecule has 1 saturated heterocycles. The van der Waals surface area contributed by atoms with Crippen molar-refractivity contribution >= 4 is 5.91 Å². The lowest BCUT2D eigenvalue weighted by Crippen LogP contribution is -2.34. The number of aliphatic hydroxyl groups is 1. The smallest absolute Gasteiger partial charge is 0.223 e. The maximum atomic E-state index is 11.8. The largest absolute Gasteiger partial charge is 0.395 e. The van der Waals surface area contributed by atoms with Gasteiger partial charge >= 0.3 is 0 Å². The Morgan fingerprint density at radius 2 is 2.16 bits per heavy atom. The summed E-state index contributed by atoms with van der Waals surface area (Å²) < 4.78 is 0. The highest BCUT2D eigenvalue weighted by Gasteiger charge is 2.32. The molecule has 2 unspecified atom stereocenters. The highest BCUT2D eigenvalue weighted by atomic mass is 16.3. The zero-order valence-electron chi connectivity index (χ0n) is 12.1. The van der Waals surface area contributed by atoms with Gasteiger partial charge in [-0.25, -0.2) is 0 Å². The molecule has 0 aromatic rings. The van der Waals surface area contributed by atoms with Crippen LogP contribution in [0, 0.1) is 11.8 Å². The Hall–Kier alpha value is -0.610. The Morgan fingerprint density at radius 3 is 2.84 bits per heavy atom. The number of hydrogen-bond acceptors (Lipinski definition) is 3. The van der Waals surface area contributed by atoms with Crippen LogP contribution in [0.3, 0.4) is 0 Å². The van der Waals surface area contributed by atoms with Gasteiger partial charge in [0, 0.05) is 18.5 Å². The van der Waals surface area contributed by atoms with E-state index >= 15 is 0 Å². The van der Waals surface area contributed by atoms with E-state index in [1.165, 1.54) is 19.3 Å². The molecule has 2 fully saturated rings. The van der Waals surface area contributed by atoms with Crippen LogP contribution in [0.2, 0.25) is 0 Å². The van der Waals surface area contributed by atoms with Crippen molar-refractivity contribution in [2.45, 2.75) is 51.5 Å². The predicted molar refractivity (Wildman–Crippen MR) is 75.8 cm³/mol. The maximum Gasteiger partial charge on any atom is 0.223 e. The fourth-order valence-electron chi connectivity index (χ4n) is 3.02. The number of carbonyl (C=O) groups is 1. The topological polar surface area (TPSA) is 52.6 Å². The van der Waals surface area contributed by atoms with E-state index in [2.05, 4.69) is 10.2 Å². The van der Waals surface area contributed by atoms with Crippen molar-refractivity contribution in [2.24, 2.45) is 11.8 Å². The van der Waals surface area contributed by atoms with E-state index in [0.29, 0.717) is 12.0 Å². The molecular formula is C15H28N2O2. The van der Waals surface area contributed by atoms with E-state index in [1.807, 2.05) is 6.92 Å². The van der Waals surface area contributed by atoms with Gasteiger partial charge in [-0.1, -0.05) is 6.92 Å². The van der Waals surface area contributed by atoms with Crippen LogP contribution in [-0.2, 0) is 4.79 Å². The summed E-state index contributed by atoms with van der Waals surface area (Å²) >= 11 is 0. The second-order valence-electron chi connectivity index (χ2n) is 6.14. The van der Waals surface area contributed by atoms with Crippen LogP contribution in [0.15, 0.2) is 0 Å². The van der Waals surface area contributed by atoms with Crippen molar-refractivity contribution in [3.63, 3.8) is 0 Å². The Morgan fingerprint density at radius 1 is 1.37 bits per heavy atom. The number of nitrogens with zero attached hydrogens (tertiary/aromatic N) is 1. The molecule has 1 heterocycles. The molecule has 1 amide bonds. The van der Waals surface area contributed by atoms with E-state index in [4.69, 9.17) is 0 Å². The number of likely N-dealkylation sites (tertiary alicyclic amines) is 1. The van der Waals surface area contributed by atoms with Crippen molar-refractivity contribution in [1.29, 1.82) is 0 Å². The molecule has 1 aliphatic heterocycles. The Kier molecular flexibility index (Phi) is 5.64. The molecule has 2 N–H and O–H groups in total. The second-order valence-corrected chi connectivity index (χ2v) is 6.14. The third-order valence-electron chi connectivity index (χ3n) is 4.62. The van der Waals surface area contributed by atoms with Crippen LogP contribution >= 0.6 is 0 Å². The molecule has 2 atom stereocenters. The summed E-state index contributed by atoms with van der Waals surface area (Å²) in [5.74, 6) is 1.09. The lowest BCUT2D eigenvalue weighted by molar-refractivity contribution is -0.125. The molecule has 0 aromatic heterocycles. The van der Waals surface area contributed by atoms with Crippen molar-refractivity contribution in [1.82, 2.24) is 10.2 Å². The van der Waals surface area contributed by atoms with Crippen LogP contribution in [0.25, 0.3) is 0 Å². The molecule has 1 aliphatic carbocycles. The number of amides is 1. The third-order valence-corrected chi connectivity index (χ3v) is 4.62. The Balaban J connectivity index is 1.51. The predicted octanol–water partition coefficient (Wildman–Crippen LogP) is 1.39. The van der Waals surface area contributed by atoms with Gasteiger partial charge in [0.15, 0.2) is 0 Å². The number of rotatable bonds is 8. The molecule has 4 heteroatoms. The number of aliphatic hydroxyl groups excluding tert-OH is 1. The minimum Gasteiger partial charge on any atom is -0.395 e. The molecule has 2 rings (SSSR count). The van der Waals surface area contributed by atoms with Gasteiger partial charge in [0.1, 0.15) is 0 Å². The summed E-state index contributed by atoms with van der Waals surface area (Å²) in [6.07, 6.45) is 6.94. The quantitative estimate of drug-likeness (QED) is 0.654. The van der Waals surface area contributed by atoms with Crippen LogP contribution in [0.5, 0.6) is 0 Å². The minimum atomic E-state index is 0.206. The van der Waals surface area contributed by atoms with E-state index in [1.54, 1.807) is 0 Å². The first-order chi connectivity index (χ1) is 9.22. The standard InChI is InChI=1S/C15H28N2O2/c1-12(13-6-7-13)15(19)16-8-2-3-9-17-10-4-5-14(17)11-18/h12-14,18H,2-11H2,1H3,(H,16,19). The van der Waals surface area contributed by atoms with Crippen molar-refractivity contribution in [3.8, 4) is 0 Å². The number of hydrogen-bond donors (Lipinski definition) is 2. The fourth-order valence-corrected chi connectivity index (χ4v) is 3.02. The summed E-state index contributed by atoms with van der Waals surface area (Å²) in [6, 6.07) is 0.379. The van der Waals surface area contributed by atoms with E-state index in [-0.39, 0.29) is 18.4 Å². The first-order valence-corrected chi connectivity index (χ1v) is 7.85. The van der Waals surface area contributed by atoms with Gasteiger partial charge in [0.2, 0.25) is 5.91 Å². The van der Waals surface area contributed by atoms with E-state index < -0.39 is 0 Å². The van der Waals surface area contributed by atoms with Gasteiger partial charge in [-0.15, -0.1) is 0 Å². The molecule has 0 aromatic carbocycles. The lowest BCUT2D eigenvalue weighted by atomic mass is 10.1. The highest BCUT2D eigenvalue weighted by molar-refractivity contribution is 5.78. The summed E-state index contributed by atoms with van der Waals surface area (Å²) in [6.45, 7) is 5.31. The molecule has 1 saturated carbocycles. The average molecular weight is 268 g/mol.